The van der Waals surface area contributed by atoms with Crippen molar-refractivity contribution < 1.29 is 0 Å². The first-order chi connectivity index (χ1) is 22.3. The molecule has 13 unspecified atom stereocenters. The average molecular weight is 610 g/mol. The van der Waals surface area contributed by atoms with Crippen molar-refractivity contribution in [2.45, 2.75) is 67.9 Å². The quantitative estimate of drug-likeness (QED) is 0.293. The maximum absolute atomic E-state index is 2.90. The van der Waals surface area contributed by atoms with E-state index in [1.165, 1.54) is 51.4 Å². The van der Waals surface area contributed by atoms with Gasteiger partial charge < -0.3 is 4.90 Å². The molecule has 0 aromatic carbocycles. The molecule has 1 saturated heterocycles. The molecule has 1 nitrogen and oxygen atoms in total. The van der Waals surface area contributed by atoms with Crippen LogP contribution >= 0.6 is 11.8 Å². The van der Waals surface area contributed by atoms with Crippen molar-refractivity contribution in [3.05, 3.63) is 132 Å². The Morgan fingerprint density at radius 2 is 1.51 bits per heavy atom. The van der Waals surface area contributed by atoms with Gasteiger partial charge in [-0.2, -0.15) is 0 Å². The van der Waals surface area contributed by atoms with Crippen molar-refractivity contribution in [3.63, 3.8) is 0 Å². The summed E-state index contributed by atoms with van der Waals surface area (Å²) in [6.07, 6.45) is 55.1. The zero-order valence-electron chi connectivity index (χ0n) is 26.4. The van der Waals surface area contributed by atoms with Gasteiger partial charge in [0.1, 0.15) is 0 Å². The van der Waals surface area contributed by atoms with Crippen LogP contribution in [0.2, 0.25) is 0 Å². The largest absolute Gasteiger partial charge is 0.340 e. The average Bonchev–Trinajstić information content (AvgIpc) is 3.76. The lowest BCUT2D eigenvalue weighted by Crippen LogP contribution is -2.40. The molecule has 0 bridgehead atoms. The van der Waals surface area contributed by atoms with Crippen molar-refractivity contribution in [3.8, 4) is 0 Å². The van der Waals surface area contributed by atoms with Crippen LogP contribution in [0.5, 0.6) is 0 Å². The van der Waals surface area contributed by atoms with Gasteiger partial charge in [-0.1, -0.05) is 109 Å². The lowest BCUT2D eigenvalue weighted by molar-refractivity contribution is 0.224. The summed E-state index contributed by atoms with van der Waals surface area (Å²) in [6.45, 7) is 0. The number of rotatable bonds is 3. The van der Waals surface area contributed by atoms with Gasteiger partial charge in [-0.25, -0.2) is 0 Å². The van der Waals surface area contributed by atoms with E-state index in [2.05, 4.69) is 126 Å². The van der Waals surface area contributed by atoms with E-state index >= 15 is 0 Å². The van der Waals surface area contributed by atoms with E-state index in [9.17, 15) is 0 Å². The minimum absolute atomic E-state index is 0.527. The van der Waals surface area contributed by atoms with E-state index in [0.717, 1.165) is 11.8 Å². The summed E-state index contributed by atoms with van der Waals surface area (Å²) >= 11 is 2.23. The third-order valence-corrected chi connectivity index (χ3v) is 15.2. The predicted molar refractivity (Wildman–Crippen MR) is 189 cm³/mol. The molecule has 8 aliphatic carbocycles. The fourth-order valence-corrected chi connectivity index (χ4v) is 13.5. The van der Waals surface area contributed by atoms with Gasteiger partial charge in [0, 0.05) is 40.3 Å². The summed E-state index contributed by atoms with van der Waals surface area (Å²) in [6, 6.07) is 0.527. The van der Waals surface area contributed by atoms with Crippen LogP contribution in [0.1, 0.15) is 51.4 Å². The number of fused-ring (bicyclic) bond motifs is 8. The number of hydrogen-bond donors (Lipinski definition) is 0. The first-order valence-electron chi connectivity index (χ1n) is 18.3. The van der Waals surface area contributed by atoms with E-state index in [4.69, 9.17) is 0 Å². The van der Waals surface area contributed by atoms with E-state index in [1.807, 2.05) is 5.57 Å². The second kappa shape index (κ2) is 10.9. The lowest BCUT2D eigenvalue weighted by Gasteiger charge is -2.41. The molecule has 2 heterocycles. The van der Waals surface area contributed by atoms with Gasteiger partial charge in [0.05, 0.1) is 11.3 Å². The highest BCUT2D eigenvalue weighted by molar-refractivity contribution is 8.01. The Morgan fingerprint density at radius 1 is 0.667 bits per heavy atom. The number of thioether (sulfide) groups is 1. The molecule has 0 N–H and O–H groups in total. The molecule has 0 spiro atoms. The zero-order valence-corrected chi connectivity index (χ0v) is 27.2. The number of nitrogens with zero attached hydrogens (tertiary/aromatic N) is 1. The molecule has 0 amide bonds. The molecule has 45 heavy (non-hydrogen) atoms. The molecule has 2 heteroatoms. The van der Waals surface area contributed by atoms with Gasteiger partial charge >= 0.3 is 0 Å². The first kappa shape index (κ1) is 27.4. The Balaban J connectivity index is 0.948. The number of hydrogen-bond acceptors (Lipinski definition) is 2. The molecule has 10 aliphatic rings. The standard InChI is InChI=1S/C43H47NS/c1-2-11-27(12-3-1)42-33-16-5-4-13-30(33)36-25-28(21-23-34(36)42)29-22-24-39-37(26-29)31-14-6-8-18-38(31)44(39)40-19-10-17-35-32-15-7-9-20-41(32)45-43(35)40/h1-5,7,9-11,13,15-17,19-20,22,24-25,27-30,32-35,37,39,41-43H,6,8,12,14,18,21,23,26H2. The van der Waals surface area contributed by atoms with Crippen LogP contribution in [0.25, 0.3) is 0 Å². The van der Waals surface area contributed by atoms with Crippen LogP contribution in [-0.2, 0) is 0 Å². The highest BCUT2D eigenvalue weighted by Crippen LogP contribution is 2.59. The van der Waals surface area contributed by atoms with Gasteiger partial charge in [-0.15, -0.1) is 11.8 Å². The summed E-state index contributed by atoms with van der Waals surface area (Å²) in [5, 5.41) is 1.20. The minimum Gasteiger partial charge on any atom is -0.340 e. The summed E-state index contributed by atoms with van der Waals surface area (Å²) < 4.78 is 0. The second-order valence-corrected chi connectivity index (χ2v) is 16.9. The molecule has 10 rings (SSSR count). The Hall–Kier alpha value is -2.71. The van der Waals surface area contributed by atoms with E-state index in [-0.39, 0.29) is 0 Å². The SMILES string of the molecule is C1=CCC(C2C3CCC(C4C=CC5C(C4)C4=C(CCCC4)N5C4=CC=CC5C4SC4C=CC=CC45)C=C3C3C=CC=CC32)C=C1. The maximum atomic E-state index is 2.90. The predicted octanol–water partition coefficient (Wildman–Crippen LogP) is 10.1. The normalized spacial score (nSPS) is 46.4. The molecule has 2 aliphatic heterocycles. The van der Waals surface area contributed by atoms with Crippen LogP contribution in [0.15, 0.2) is 132 Å². The summed E-state index contributed by atoms with van der Waals surface area (Å²) in [7, 11) is 0. The fourth-order valence-electron chi connectivity index (χ4n) is 11.7. The van der Waals surface area contributed by atoms with Gasteiger partial charge in [0.15, 0.2) is 0 Å². The second-order valence-electron chi connectivity index (χ2n) is 15.5. The van der Waals surface area contributed by atoms with Crippen molar-refractivity contribution in [2.75, 3.05) is 0 Å². The van der Waals surface area contributed by atoms with Gasteiger partial charge in [-0.05, 0) is 98.5 Å². The minimum atomic E-state index is 0.527. The fraction of sp³-hybridized carbons (Fsp3) is 0.488. The molecule has 0 aromatic rings. The van der Waals surface area contributed by atoms with Crippen molar-refractivity contribution in [2.24, 2.45) is 59.2 Å². The maximum Gasteiger partial charge on any atom is 0.0582 e. The zero-order chi connectivity index (χ0) is 29.5. The number of allylic oxidation sites excluding steroid dienone is 18. The van der Waals surface area contributed by atoms with Crippen LogP contribution < -0.4 is 0 Å². The highest BCUT2D eigenvalue weighted by atomic mass is 32.2. The molecule has 13 atom stereocenters. The molecule has 0 aromatic heterocycles. The Bertz CT molecular complexity index is 1590. The van der Waals surface area contributed by atoms with Crippen molar-refractivity contribution in [1.82, 2.24) is 4.90 Å². The van der Waals surface area contributed by atoms with Crippen molar-refractivity contribution in [1.29, 1.82) is 0 Å². The Kier molecular flexibility index (Phi) is 6.66. The van der Waals surface area contributed by atoms with E-state index < -0.39 is 0 Å². The van der Waals surface area contributed by atoms with Crippen LogP contribution in [-0.4, -0.2) is 21.4 Å². The first-order valence-corrected chi connectivity index (χ1v) is 19.3. The van der Waals surface area contributed by atoms with Gasteiger partial charge in [-0.3, -0.25) is 0 Å². The summed E-state index contributed by atoms with van der Waals surface area (Å²) in [5.74, 6) is 6.87. The van der Waals surface area contributed by atoms with E-state index in [1.54, 1.807) is 17.0 Å². The molecular weight excluding hydrogens is 563 g/mol. The molecule has 0 radical (unpaired) electrons. The lowest BCUT2D eigenvalue weighted by atomic mass is 9.67. The third kappa shape index (κ3) is 4.26. The molecule has 2 fully saturated rings. The van der Waals surface area contributed by atoms with Crippen molar-refractivity contribution >= 4 is 11.8 Å². The summed E-state index contributed by atoms with van der Waals surface area (Å²) in [5.41, 5.74) is 6.98. The Labute approximate surface area is 274 Å². The van der Waals surface area contributed by atoms with Crippen LogP contribution in [0.3, 0.4) is 0 Å². The third-order valence-electron chi connectivity index (χ3n) is 13.6. The molecule has 1 saturated carbocycles. The molecule has 230 valence electrons. The van der Waals surface area contributed by atoms with Crippen LogP contribution in [0, 0.1) is 59.2 Å². The van der Waals surface area contributed by atoms with Gasteiger partial charge in [0.2, 0.25) is 0 Å². The smallest absolute Gasteiger partial charge is 0.0582 e. The monoisotopic (exact) mass is 609 g/mol. The van der Waals surface area contributed by atoms with Gasteiger partial charge in [0.25, 0.3) is 0 Å². The Morgan fingerprint density at radius 3 is 2.44 bits per heavy atom. The molecular formula is C43H47NS. The van der Waals surface area contributed by atoms with E-state index in [0.29, 0.717) is 63.9 Å². The topological polar surface area (TPSA) is 3.24 Å². The van der Waals surface area contributed by atoms with Crippen LogP contribution in [0.4, 0.5) is 0 Å². The summed E-state index contributed by atoms with van der Waals surface area (Å²) in [4.78, 5) is 2.90. The highest BCUT2D eigenvalue weighted by Gasteiger charge is 2.52.